The van der Waals surface area contributed by atoms with Crippen LogP contribution in [0.3, 0.4) is 0 Å². The first-order chi connectivity index (χ1) is 14.6. The molecule has 1 aliphatic carbocycles. The Balaban J connectivity index is 1.14. The summed E-state index contributed by atoms with van der Waals surface area (Å²) in [6, 6.07) is 0. The van der Waals surface area contributed by atoms with Crippen molar-refractivity contribution in [2.45, 2.75) is 38.5 Å². The van der Waals surface area contributed by atoms with Gasteiger partial charge in [0.1, 0.15) is 0 Å². The zero-order chi connectivity index (χ0) is 20.9. The highest BCUT2D eigenvalue weighted by molar-refractivity contribution is 5.89. The Morgan fingerprint density at radius 2 is 1.73 bits per heavy atom. The molecular formula is C22H36N4O4. The summed E-state index contributed by atoms with van der Waals surface area (Å²) in [6.07, 6.45) is 5.22. The maximum Gasteiger partial charge on any atom is 0.225 e. The Morgan fingerprint density at radius 1 is 1.00 bits per heavy atom. The minimum atomic E-state index is -0.196. The number of morpholine rings is 1. The van der Waals surface area contributed by atoms with E-state index in [9.17, 15) is 14.4 Å². The predicted molar refractivity (Wildman–Crippen MR) is 112 cm³/mol. The standard InChI is InChI=1S/C22H36N4O4/c27-20(5-6-24-9-11-30-12-10-24)25-7-3-18(4-8-25)15-26-16-19(13-21(26)28)22(29)23-14-17-1-2-17/h17-19H,1-16H2,(H,23,29). The SMILES string of the molecule is O=C(NCC1CC1)C1CC(=O)N(CC2CCN(C(=O)CCN3CCOCC3)CC2)C1. The summed E-state index contributed by atoms with van der Waals surface area (Å²) >= 11 is 0. The van der Waals surface area contributed by atoms with E-state index >= 15 is 0 Å². The topological polar surface area (TPSA) is 82.2 Å². The molecule has 8 nitrogen and oxygen atoms in total. The second kappa shape index (κ2) is 10.1. The van der Waals surface area contributed by atoms with Gasteiger partial charge in [-0.3, -0.25) is 19.3 Å². The van der Waals surface area contributed by atoms with E-state index in [1.54, 1.807) is 0 Å². The van der Waals surface area contributed by atoms with Crippen LogP contribution in [-0.4, -0.2) is 98.0 Å². The molecule has 0 aromatic heterocycles. The first kappa shape index (κ1) is 21.6. The predicted octanol–water partition coefficient (Wildman–Crippen LogP) is 0.322. The van der Waals surface area contributed by atoms with Crippen LogP contribution >= 0.6 is 0 Å². The number of nitrogens with one attached hydrogen (secondary N) is 1. The Kier molecular flexibility index (Phi) is 7.25. The van der Waals surface area contributed by atoms with Crippen molar-refractivity contribution in [3.63, 3.8) is 0 Å². The number of carbonyl (C=O) groups excluding carboxylic acids is 3. The molecule has 1 atom stereocenters. The van der Waals surface area contributed by atoms with Gasteiger partial charge in [0, 0.05) is 65.2 Å². The maximum atomic E-state index is 12.5. The van der Waals surface area contributed by atoms with Crippen LogP contribution in [0.5, 0.6) is 0 Å². The lowest BCUT2D eigenvalue weighted by atomic mass is 9.96. The van der Waals surface area contributed by atoms with Crippen LogP contribution in [0.1, 0.15) is 38.5 Å². The zero-order valence-corrected chi connectivity index (χ0v) is 18.0. The molecule has 8 heteroatoms. The molecule has 0 radical (unpaired) electrons. The van der Waals surface area contributed by atoms with E-state index in [-0.39, 0.29) is 23.6 Å². The number of hydrogen-bond acceptors (Lipinski definition) is 5. The van der Waals surface area contributed by atoms with Crippen molar-refractivity contribution in [3.8, 4) is 0 Å². The number of ether oxygens (including phenoxy) is 1. The molecule has 4 rings (SSSR count). The Bertz CT molecular complexity index is 625. The van der Waals surface area contributed by atoms with Gasteiger partial charge in [0.2, 0.25) is 17.7 Å². The van der Waals surface area contributed by atoms with Crippen LogP contribution < -0.4 is 5.32 Å². The van der Waals surface area contributed by atoms with Crippen molar-refractivity contribution < 1.29 is 19.1 Å². The van der Waals surface area contributed by atoms with Crippen LogP contribution in [0.25, 0.3) is 0 Å². The van der Waals surface area contributed by atoms with Crippen LogP contribution in [-0.2, 0) is 19.1 Å². The van der Waals surface area contributed by atoms with Gasteiger partial charge in [-0.05, 0) is 37.5 Å². The van der Waals surface area contributed by atoms with Crippen molar-refractivity contribution in [1.29, 1.82) is 0 Å². The lowest BCUT2D eigenvalue weighted by Gasteiger charge is -2.34. The number of carbonyl (C=O) groups is 3. The summed E-state index contributed by atoms with van der Waals surface area (Å²) in [5, 5.41) is 3.01. The van der Waals surface area contributed by atoms with Gasteiger partial charge in [-0.2, -0.15) is 0 Å². The number of rotatable bonds is 8. The number of likely N-dealkylation sites (tertiary alicyclic amines) is 2. The molecule has 3 saturated heterocycles. The first-order valence-corrected chi connectivity index (χ1v) is 11.7. The van der Waals surface area contributed by atoms with Crippen molar-refractivity contribution in [1.82, 2.24) is 20.0 Å². The molecule has 1 saturated carbocycles. The molecule has 1 N–H and O–H groups in total. The lowest BCUT2D eigenvalue weighted by Crippen LogP contribution is -2.44. The van der Waals surface area contributed by atoms with Gasteiger partial charge in [0.05, 0.1) is 19.1 Å². The molecule has 3 amide bonds. The summed E-state index contributed by atoms with van der Waals surface area (Å²) in [5.41, 5.74) is 0. The largest absolute Gasteiger partial charge is 0.379 e. The second-order valence-electron chi connectivity index (χ2n) is 9.42. The van der Waals surface area contributed by atoms with Crippen LogP contribution in [0.2, 0.25) is 0 Å². The molecule has 0 aromatic rings. The number of nitrogens with zero attached hydrogens (tertiary/aromatic N) is 3. The van der Waals surface area contributed by atoms with Crippen molar-refractivity contribution in [3.05, 3.63) is 0 Å². The van der Waals surface area contributed by atoms with Crippen molar-refractivity contribution in [2.24, 2.45) is 17.8 Å². The molecule has 3 heterocycles. The van der Waals surface area contributed by atoms with E-state index in [1.807, 2.05) is 9.80 Å². The van der Waals surface area contributed by atoms with E-state index in [4.69, 9.17) is 4.74 Å². The number of piperidine rings is 1. The second-order valence-corrected chi connectivity index (χ2v) is 9.42. The van der Waals surface area contributed by atoms with Gasteiger partial charge >= 0.3 is 0 Å². The normalized spacial score (nSPS) is 26.3. The average molecular weight is 421 g/mol. The summed E-state index contributed by atoms with van der Waals surface area (Å²) in [7, 11) is 0. The number of amides is 3. The molecular weight excluding hydrogens is 384 g/mol. The Labute approximate surface area is 179 Å². The van der Waals surface area contributed by atoms with Gasteiger partial charge in [0.25, 0.3) is 0 Å². The van der Waals surface area contributed by atoms with Crippen LogP contribution in [0, 0.1) is 17.8 Å². The Hall–Kier alpha value is -1.67. The lowest BCUT2D eigenvalue weighted by molar-refractivity contribution is -0.134. The monoisotopic (exact) mass is 420 g/mol. The van der Waals surface area contributed by atoms with Gasteiger partial charge in [-0.15, -0.1) is 0 Å². The maximum absolute atomic E-state index is 12.5. The van der Waals surface area contributed by atoms with Crippen LogP contribution in [0.15, 0.2) is 0 Å². The highest BCUT2D eigenvalue weighted by atomic mass is 16.5. The zero-order valence-electron chi connectivity index (χ0n) is 18.0. The van der Waals surface area contributed by atoms with Gasteiger partial charge in [-0.25, -0.2) is 0 Å². The molecule has 4 fully saturated rings. The van der Waals surface area contributed by atoms with Gasteiger partial charge < -0.3 is 19.9 Å². The third kappa shape index (κ3) is 5.94. The van der Waals surface area contributed by atoms with E-state index in [0.29, 0.717) is 31.2 Å². The molecule has 0 aromatic carbocycles. The summed E-state index contributed by atoms with van der Waals surface area (Å²) < 4.78 is 5.35. The van der Waals surface area contributed by atoms with E-state index < -0.39 is 0 Å². The summed E-state index contributed by atoms with van der Waals surface area (Å²) in [6.45, 7) is 7.76. The van der Waals surface area contributed by atoms with Gasteiger partial charge in [-0.1, -0.05) is 0 Å². The Morgan fingerprint density at radius 3 is 2.43 bits per heavy atom. The molecule has 0 bridgehead atoms. The van der Waals surface area contributed by atoms with E-state index in [2.05, 4.69) is 10.2 Å². The minimum absolute atomic E-state index is 0.0402. The van der Waals surface area contributed by atoms with Gasteiger partial charge in [0.15, 0.2) is 0 Å². The minimum Gasteiger partial charge on any atom is -0.379 e. The fraction of sp³-hybridized carbons (Fsp3) is 0.864. The highest BCUT2D eigenvalue weighted by Gasteiger charge is 2.36. The van der Waals surface area contributed by atoms with Crippen LogP contribution in [0.4, 0.5) is 0 Å². The number of hydrogen-bond donors (Lipinski definition) is 1. The molecule has 3 aliphatic heterocycles. The molecule has 1 unspecified atom stereocenters. The molecule has 4 aliphatic rings. The fourth-order valence-corrected chi connectivity index (χ4v) is 4.75. The molecule has 30 heavy (non-hydrogen) atoms. The van der Waals surface area contributed by atoms with Crippen molar-refractivity contribution in [2.75, 3.05) is 65.6 Å². The third-order valence-electron chi connectivity index (χ3n) is 7.04. The first-order valence-electron chi connectivity index (χ1n) is 11.7. The highest BCUT2D eigenvalue weighted by Crippen LogP contribution is 2.28. The molecule has 0 spiro atoms. The smallest absolute Gasteiger partial charge is 0.225 e. The van der Waals surface area contributed by atoms with Crippen molar-refractivity contribution >= 4 is 17.7 Å². The van der Waals surface area contributed by atoms with E-state index in [1.165, 1.54) is 12.8 Å². The third-order valence-corrected chi connectivity index (χ3v) is 7.04. The summed E-state index contributed by atoms with van der Waals surface area (Å²) in [5.74, 6) is 1.26. The molecule has 168 valence electrons. The quantitative estimate of drug-likeness (QED) is 0.612. The average Bonchev–Trinajstić information content (AvgIpc) is 3.53. The summed E-state index contributed by atoms with van der Waals surface area (Å²) in [4.78, 5) is 43.4. The van der Waals surface area contributed by atoms with E-state index in [0.717, 1.165) is 71.9 Å². The fourth-order valence-electron chi connectivity index (χ4n) is 4.75.